The van der Waals surface area contributed by atoms with E-state index in [-0.39, 0.29) is 5.91 Å². The molecule has 1 aliphatic heterocycles. The van der Waals surface area contributed by atoms with Crippen LogP contribution < -0.4 is 0 Å². The van der Waals surface area contributed by atoms with Crippen molar-refractivity contribution >= 4 is 17.5 Å². The van der Waals surface area contributed by atoms with Gasteiger partial charge in [0.1, 0.15) is 5.15 Å². The van der Waals surface area contributed by atoms with Crippen LogP contribution in [-0.4, -0.2) is 33.4 Å². The van der Waals surface area contributed by atoms with Crippen LogP contribution in [0.3, 0.4) is 0 Å². The number of hydrogen-bond acceptors (Lipinski definition) is 3. The minimum absolute atomic E-state index is 0.178. The summed E-state index contributed by atoms with van der Waals surface area (Å²) in [6, 6.07) is 0.344. The van der Waals surface area contributed by atoms with E-state index in [2.05, 4.69) is 9.97 Å². The van der Waals surface area contributed by atoms with E-state index in [0.717, 1.165) is 37.9 Å². The molecule has 1 atom stereocenters. The fourth-order valence-corrected chi connectivity index (χ4v) is 2.69. The monoisotopic (exact) mass is 267 g/mol. The number of hydrogen-bond donors (Lipinski definition) is 0. The molecule has 0 aromatic carbocycles. The van der Waals surface area contributed by atoms with Crippen molar-refractivity contribution in [3.8, 4) is 0 Å². The summed E-state index contributed by atoms with van der Waals surface area (Å²) >= 11 is 5.81. The Morgan fingerprint density at radius 2 is 2.33 bits per heavy atom. The minimum atomic E-state index is 0.178. The quantitative estimate of drug-likeness (QED) is 0.845. The van der Waals surface area contributed by atoms with Gasteiger partial charge in [0.2, 0.25) is 5.91 Å². The Labute approximate surface area is 112 Å². The largest absolute Gasteiger partial charge is 0.340 e. The molecule has 0 radical (unpaired) electrons. The molecule has 0 bridgehead atoms. The van der Waals surface area contributed by atoms with E-state index < -0.39 is 0 Å². The highest BCUT2D eigenvalue weighted by atomic mass is 35.5. The zero-order chi connectivity index (χ0) is 13.0. The molecule has 1 aliphatic rings. The number of likely N-dealkylation sites (tertiary alicyclic amines) is 1. The van der Waals surface area contributed by atoms with Crippen molar-refractivity contribution < 1.29 is 4.79 Å². The summed E-state index contributed by atoms with van der Waals surface area (Å²) in [7, 11) is 0. The van der Waals surface area contributed by atoms with Crippen molar-refractivity contribution in [2.45, 2.75) is 45.1 Å². The first-order valence-electron chi connectivity index (χ1n) is 6.40. The van der Waals surface area contributed by atoms with Gasteiger partial charge < -0.3 is 4.90 Å². The lowest BCUT2D eigenvalue weighted by Crippen LogP contribution is -2.42. The lowest BCUT2D eigenvalue weighted by atomic mass is 9.97. The molecule has 0 unspecified atom stereocenters. The van der Waals surface area contributed by atoms with Gasteiger partial charge in [-0.3, -0.25) is 9.78 Å². The Morgan fingerprint density at radius 3 is 3.06 bits per heavy atom. The van der Waals surface area contributed by atoms with Gasteiger partial charge in [-0.2, -0.15) is 0 Å². The standard InChI is InChI=1S/C13H18ClN3O/c1-10(18)17-7-3-2-4-12(17)6-5-11-8-15-9-13(14)16-11/h8-9,12H,2-7H2,1H3/t12-/m0/s1. The molecular weight excluding hydrogens is 250 g/mol. The predicted molar refractivity (Wildman–Crippen MR) is 70.4 cm³/mol. The van der Waals surface area contributed by atoms with Crippen molar-refractivity contribution in [1.82, 2.24) is 14.9 Å². The van der Waals surface area contributed by atoms with Gasteiger partial charge in [-0.15, -0.1) is 0 Å². The van der Waals surface area contributed by atoms with Gasteiger partial charge in [0.15, 0.2) is 0 Å². The fourth-order valence-electron chi connectivity index (χ4n) is 2.53. The van der Waals surface area contributed by atoms with E-state index in [0.29, 0.717) is 11.2 Å². The van der Waals surface area contributed by atoms with Gasteiger partial charge in [-0.25, -0.2) is 4.98 Å². The molecule has 5 heteroatoms. The first-order chi connectivity index (χ1) is 8.66. The highest BCUT2D eigenvalue weighted by Gasteiger charge is 2.23. The molecule has 0 N–H and O–H groups in total. The molecular formula is C13H18ClN3O. The second-order valence-corrected chi connectivity index (χ2v) is 5.12. The number of aryl methyl sites for hydroxylation is 1. The van der Waals surface area contributed by atoms with Gasteiger partial charge in [0, 0.05) is 25.7 Å². The van der Waals surface area contributed by atoms with Gasteiger partial charge >= 0.3 is 0 Å². The van der Waals surface area contributed by atoms with Crippen LogP contribution >= 0.6 is 11.6 Å². The molecule has 1 aromatic rings. The molecule has 2 heterocycles. The predicted octanol–water partition coefficient (Wildman–Crippen LogP) is 2.46. The molecule has 0 spiro atoms. The van der Waals surface area contributed by atoms with Gasteiger partial charge in [-0.1, -0.05) is 11.6 Å². The lowest BCUT2D eigenvalue weighted by molar-refractivity contribution is -0.132. The van der Waals surface area contributed by atoms with Gasteiger partial charge in [-0.05, 0) is 32.1 Å². The SMILES string of the molecule is CC(=O)N1CCCC[C@H]1CCc1cncc(Cl)n1. The van der Waals surface area contributed by atoms with Gasteiger partial charge in [0.05, 0.1) is 11.9 Å². The van der Waals surface area contributed by atoms with Crippen LogP contribution in [0.15, 0.2) is 12.4 Å². The second kappa shape index (κ2) is 6.14. The van der Waals surface area contributed by atoms with Crippen molar-refractivity contribution in [2.24, 2.45) is 0 Å². The summed E-state index contributed by atoms with van der Waals surface area (Å²) in [6.45, 7) is 2.54. The average Bonchev–Trinajstić information content (AvgIpc) is 2.37. The van der Waals surface area contributed by atoms with E-state index in [1.807, 2.05) is 4.90 Å². The van der Waals surface area contributed by atoms with Gasteiger partial charge in [0.25, 0.3) is 0 Å². The zero-order valence-corrected chi connectivity index (χ0v) is 11.4. The third-order valence-corrected chi connectivity index (χ3v) is 3.60. The molecule has 1 aromatic heterocycles. The number of amides is 1. The van der Waals surface area contributed by atoms with E-state index in [1.165, 1.54) is 12.6 Å². The molecule has 4 nitrogen and oxygen atoms in total. The summed E-state index contributed by atoms with van der Waals surface area (Å²) in [5, 5.41) is 0.430. The van der Waals surface area contributed by atoms with Crippen LogP contribution in [0, 0.1) is 0 Å². The zero-order valence-electron chi connectivity index (χ0n) is 10.6. The summed E-state index contributed by atoms with van der Waals surface area (Å²) in [4.78, 5) is 21.8. The van der Waals surface area contributed by atoms with Crippen LogP contribution in [0.2, 0.25) is 5.15 Å². The first-order valence-corrected chi connectivity index (χ1v) is 6.78. The third kappa shape index (κ3) is 3.42. The van der Waals surface area contributed by atoms with Crippen LogP contribution in [-0.2, 0) is 11.2 Å². The summed E-state index contributed by atoms with van der Waals surface area (Å²) in [5.74, 6) is 0.178. The highest BCUT2D eigenvalue weighted by Crippen LogP contribution is 2.21. The fraction of sp³-hybridized carbons (Fsp3) is 0.615. The Morgan fingerprint density at radius 1 is 1.50 bits per heavy atom. The maximum atomic E-state index is 11.6. The van der Waals surface area contributed by atoms with Crippen LogP contribution in [0.1, 0.15) is 38.3 Å². The first kappa shape index (κ1) is 13.3. The van der Waals surface area contributed by atoms with Crippen LogP contribution in [0.4, 0.5) is 0 Å². The third-order valence-electron chi connectivity index (χ3n) is 3.42. The maximum absolute atomic E-state index is 11.6. The smallest absolute Gasteiger partial charge is 0.219 e. The Bertz CT molecular complexity index is 424. The molecule has 1 saturated heterocycles. The molecule has 0 aliphatic carbocycles. The summed E-state index contributed by atoms with van der Waals surface area (Å²) < 4.78 is 0. The summed E-state index contributed by atoms with van der Waals surface area (Å²) in [5.41, 5.74) is 0.900. The normalized spacial score (nSPS) is 19.9. The molecule has 1 fully saturated rings. The molecule has 1 amide bonds. The number of nitrogens with zero attached hydrogens (tertiary/aromatic N) is 3. The minimum Gasteiger partial charge on any atom is -0.340 e. The second-order valence-electron chi connectivity index (χ2n) is 4.73. The Kier molecular flexibility index (Phi) is 4.53. The van der Waals surface area contributed by atoms with E-state index in [9.17, 15) is 4.79 Å². The molecule has 0 saturated carbocycles. The Balaban J connectivity index is 1.93. The van der Waals surface area contributed by atoms with Crippen LogP contribution in [0.25, 0.3) is 0 Å². The lowest BCUT2D eigenvalue weighted by Gasteiger charge is -2.35. The highest BCUT2D eigenvalue weighted by molar-refractivity contribution is 6.29. The number of halogens is 1. The number of carbonyl (C=O) groups excluding carboxylic acids is 1. The Hall–Kier alpha value is -1.16. The number of piperidine rings is 1. The molecule has 98 valence electrons. The number of aromatic nitrogens is 2. The molecule has 18 heavy (non-hydrogen) atoms. The van der Waals surface area contributed by atoms with Crippen LogP contribution in [0.5, 0.6) is 0 Å². The molecule has 2 rings (SSSR count). The van der Waals surface area contributed by atoms with Crippen molar-refractivity contribution in [1.29, 1.82) is 0 Å². The van der Waals surface area contributed by atoms with Crippen molar-refractivity contribution in [3.63, 3.8) is 0 Å². The van der Waals surface area contributed by atoms with E-state index in [1.54, 1.807) is 13.1 Å². The van der Waals surface area contributed by atoms with E-state index >= 15 is 0 Å². The van der Waals surface area contributed by atoms with E-state index in [4.69, 9.17) is 11.6 Å². The number of rotatable bonds is 3. The van der Waals surface area contributed by atoms with Crippen molar-refractivity contribution in [3.05, 3.63) is 23.2 Å². The maximum Gasteiger partial charge on any atom is 0.219 e. The average molecular weight is 268 g/mol. The van der Waals surface area contributed by atoms with Crippen molar-refractivity contribution in [2.75, 3.05) is 6.54 Å². The topological polar surface area (TPSA) is 46.1 Å². The number of carbonyl (C=O) groups is 1. The summed E-state index contributed by atoms with van der Waals surface area (Å²) in [6.07, 6.45) is 8.45.